The Morgan fingerprint density at radius 3 is 2.20 bits per heavy atom. The highest BCUT2D eigenvalue weighted by atomic mass is 16.5. The minimum Gasteiger partial charge on any atom is -0.493 e. The molecule has 0 aromatic heterocycles. The summed E-state index contributed by atoms with van der Waals surface area (Å²) in [4.78, 5) is 15.0. The Morgan fingerprint density at radius 2 is 1.64 bits per heavy atom. The van der Waals surface area contributed by atoms with Gasteiger partial charge in [-0.05, 0) is 56.6 Å². The topological polar surface area (TPSA) is 50.8 Å². The molecule has 1 N–H and O–H groups in total. The molecule has 1 aromatic rings. The lowest BCUT2D eigenvalue weighted by molar-refractivity contribution is -0.118. The van der Waals surface area contributed by atoms with Gasteiger partial charge in [0.2, 0.25) is 5.91 Å². The summed E-state index contributed by atoms with van der Waals surface area (Å²) in [5.74, 6) is 2.17. The van der Waals surface area contributed by atoms with Crippen molar-refractivity contribution in [3.8, 4) is 11.5 Å². The summed E-state index contributed by atoms with van der Waals surface area (Å²) >= 11 is 0. The van der Waals surface area contributed by atoms with Crippen LogP contribution in [0.5, 0.6) is 11.5 Å². The fourth-order valence-corrected chi connectivity index (χ4v) is 3.82. The van der Waals surface area contributed by atoms with Gasteiger partial charge >= 0.3 is 0 Å². The van der Waals surface area contributed by atoms with Gasteiger partial charge in [0, 0.05) is 23.8 Å². The van der Waals surface area contributed by atoms with Crippen molar-refractivity contribution in [1.29, 1.82) is 0 Å². The summed E-state index contributed by atoms with van der Waals surface area (Å²) in [6.45, 7) is 2.82. The number of benzene rings is 1. The van der Waals surface area contributed by atoms with Crippen LogP contribution in [0.25, 0.3) is 0 Å². The van der Waals surface area contributed by atoms with Crippen molar-refractivity contribution in [1.82, 2.24) is 4.90 Å². The Balaban J connectivity index is 1.60. The summed E-state index contributed by atoms with van der Waals surface area (Å²) < 4.78 is 10.5. The van der Waals surface area contributed by atoms with Crippen molar-refractivity contribution >= 4 is 11.6 Å². The van der Waals surface area contributed by atoms with Crippen molar-refractivity contribution in [2.24, 2.45) is 5.92 Å². The van der Waals surface area contributed by atoms with Crippen LogP contribution in [0.15, 0.2) is 18.2 Å². The normalized spacial score (nSPS) is 23.4. The molecule has 1 amide bonds. The van der Waals surface area contributed by atoms with Crippen LogP contribution in [0.2, 0.25) is 0 Å². The van der Waals surface area contributed by atoms with Crippen LogP contribution in [0.4, 0.5) is 5.69 Å². The van der Waals surface area contributed by atoms with Gasteiger partial charge in [-0.3, -0.25) is 9.69 Å². The summed E-state index contributed by atoms with van der Waals surface area (Å²) in [6, 6.07) is 6.65. The quantitative estimate of drug-likeness (QED) is 0.818. The number of rotatable bonds is 7. The number of anilines is 1. The third-order valence-electron chi connectivity index (χ3n) is 5.46. The number of hydrogen-bond acceptors (Lipinski definition) is 4. The molecule has 5 heteroatoms. The molecule has 1 aromatic carbocycles. The summed E-state index contributed by atoms with van der Waals surface area (Å²) in [7, 11) is 3.21. The second kappa shape index (κ2) is 8.09. The van der Waals surface area contributed by atoms with E-state index in [2.05, 4.69) is 17.1 Å². The van der Waals surface area contributed by atoms with Crippen molar-refractivity contribution in [2.45, 2.75) is 57.5 Å². The number of methoxy groups -OCH3 is 2. The van der Waals surface area contributed by atoms with Gasteiger partial charge in [-0.15, -0.1) is 0 Å². The SMILES string of the molecule is COc1ccc(NC(=O)CN(C2CCC(C)CC2)C2CC2)cc1OC. The Labute approximate surface area is 150 Å². The Bertz CT molecular complexity index is 593. The first kappa shape index (κ1) is 18.1. The molecule has 0 radical (unpaired) electrons. The van der Waals surface area contributed by atoms with E-state index in [0.29, 0.717) is 30.1 Å². The molecule has 138 valence electrons. The zero-order chi connectivity index (χ0) is 17.8. The standard InChI is InChI=1S/C20H30N2O3/c1-14-4-7-16(8-5-14)22(17-9-10-17)13-20(23)21-15-6-11-18(24-2)19(12-15)25-3/h6,11-12,14,16-17H,4-5,7-10,13H2,1-3H3,(H,21,23). The van der Waals surface area contributed by atoms with Crippen LogP contribution in [-0.2, 0) is 4.79 Å². The summed E-state index contributed by atoms with van der Waals surface area (Å²) in [5.41, 5.74) is 0.746. The Kier molecular flexibility index (Phi) is 5.84. The van der Waals surface area contributed by atoms with E-state index in [-0.39, 0.29) is 5.91 Å². The number of ether oxygens (including phenoxy) is 2. The molecule has 25 heavy (non-hydrogen) atoms. The molecule has 0 bridgehead atoms. The van der Waals surface area contributed by atoms with E-state index in [4.69, 9.17) is 9.47 Å². The molecule has 0 unspecified atom stereocenters. The zero-order valence-electron chi connectivity index (χ0n) is 15.6. The first-order valence-electron chi connectivity index (χ1n) is 9.38. The number of nitrogens with zero attached hydrogens (tertiary/aromatic N) is 1. The third-order valence-corrected chi connectivity index (χ3v) is 5.46. The summed E-state index contributed by atoms with van der Waals surface area (Å²) in [6.07, 6.45) is 7.48. The first-order chi connectivity index (χ1) is 12.1. The van der Waals surface area contributed by atoms with Gasteiger partial charge in [-0.1, -0.05) is 6.92 Å². The second-order valence-electron chi connectivity index (χ2n) is 7.44. The van der Waals surface area contributed by atoms with Crippen LogP contribution in [0.3, 0.4) is 0 Å². The number of nitrogens with one attached hydrogen (secondary N) is 1. The van der Waals surface area contributed by atoms with Crippen molar-refractivity contribution in [3.63, 3.8) is 0 Å². The van der Waals surface area contributed by atoms with Gasteiger partial charge < -0.3 is 14.8 Å². The molecule has 0 spiro atoms. The second-order valence-corrected chi connectivity index (χ2v) is 7.44. The number of carbonyl (C=O) groups excluding carboxylic acids is 1. The minimum atomic E-state index is 0.0535. The number of hydrogen-bond donors (Lipinski definition) is 1. The highest BCUT2D eigenvalue weighted by Gasteiger charge is 2.36. The third kappa shape index (κ3) is 4.66. The molecule has 0 heterocycles. The maximum atomic E-state index is 12.6. The van der Waals surface area contributed by atoms with Gasteiger partial charge in [0.1, 0.15) is 0 Å². The molecule has 5 nitrogen and oxygen atoms in total. The monoisotopic (exact) mass is 346 g/mol. The van der Waals surface area contributed by atoms with Crippen molar-refractivity contribution < 1.29 is 14.3 Å². The molecule has 0 atom stereocenters. The Morgan fingerprint density at radius 1 is 1.04 bits per heavy atom. The van der Waals surface area contributed by atoms with E-state index >= 15 is 0 Å². The lowest BCUT2D eigenvalue weighted by Crippen LogP contribution is -2.44. The van der Waals surface area contributed by atoms with Crippen LogP contribution in [-0.4, -0.2) is 43.7 Å². The van der Waals surface area contributed by atoms with Gasteiger partial charge in [0.15, 0.2) is 11.5 Å². The van der Waals surface area contributed by atoms with Gasteiger partial charge in [-0.2, -0.15) is 0 Å². The summed E-state index contributed by atoms with van der Waals surface area (Å²) in [5, 5.41) is 3.01. The number of amides is 1. The average Bonchev–Trinajstić information content (AvgIpc) is 3.45. The molecule has 0 saturated heterocycles. The molecule has 3 rings (SSSR count). The fourth-order valence-electron chi connectivity index (χ4n) is 3.82. The van der Waals surface area contributed by atoms with Crippen LogP contribution < -0.4 is 14.8 Å². The highest BCUT2D eigenvalue weighted by molar-refractivity contribution is 5.92. The largest absolute Gasteiger partial charge is 0.493 e. The molecular formula is C20H30N2O3. The van der Waals surface area contributed by atoms with Crippen LogP contribution in [0, 0.1) is 5.92 Å². The minimum absolute atomic E-state index is 0.0535. The highest BCUT2D eigenvalue weighted by Crippen LogP contribution is 2.35. The van der Waals surface area contributed by atoms with E-state index in [0.717, 1.165) is 11.6 Å². The van der Waals surface area contributed by atoms with E-state index in [1.807, 2.05) is 12.1 Å². The lowest BCUT2D eigenvalue weighted by atomic mass is 9.86. The lowest BCUT2D eigenvalue weighted by Gasteiger charge is -2.36. The first-order valence-corrected chi connectivity index (χ1v) is 9.38. The average molecular weight is 346 g/mol. The number of carbonyl (C=O) groups is 1. The van der Waals surface area contributed by atoms with E-state index < -0.39 is 0 Å². The zero-order valence-corrected chi connectivity index (χ0v) is 15.6. The molecule has 2 aliphatic rings. The predicted octanol–water partition coefficient (Wildman–Crippen LogP) is 3.69. The van der Waals surface area contributed by atoms with E-state index in [9.17, 15) is 4.79 Å². The van der Waals surface area contributed by atoms with Crippen LogP contribution in [0.1, 0.15) is 45.4 Å². The van der Waals surface area contributed by atoms with Crippen molar-refractivity contribution in [2.75, 3.05) is 26.1 Å². The molecule has 0 aliphatic heterocycles. The van der Waals surface area contributed by atoms with E-state index in [1.165, 1.54) is 38.5 Å². The van der Waals surface area contributed by atoms with E-state index in [1.54, 1.807) is 20.3 Å². The maximum absolute atomic E-state index is 12.6. The van der Waals surface area contributed by atoms with Crippen molar-refractivity contribution in [3.05, 3.63) is 18.2 Å². The molecule has 2 fully saturated rings. The van der Waals surface area contributed by atoms with Gasteiger partial charge in [0.05, 0.1) is 20.8 Å². The van der Waals surface area contributed by atoms with Gasteiger partial charge in [0.25, 0.3) is 0 Å². The smallest absolute Gasteiger partial charge is 0.238 e. The molecule has 2 aliphatic carbocycles. The molecule has 2 saturated carbocycles. The van der Waals surface area contributed by atoms with Crippen LogP contribution >= 0.6 is 0 Å². The maximum Gasteiger partial charge on any atom is 0.238 e. The van der Waals surface area contributed by atoms with Gasteiger partial charge in [-0.25, -0.2) is 0 Å². The fraction of sp³-hybridized carbons (Fsp3) is 0.650. The Hall–Kier alpha value is -1.75. The molecular weight excluding hydrogens is 316 g/mol. The predicted molar refractivity (Wildman–Crippen MR) is 99.3 cm³/mol.